The fourth-order valence-corrected chi connectivity index (χ4v) is 1.97. The van der Waals surface area contributed by atoms with Gasteiger partial charge in [0.1, 0.15) is 11.9 Å². The molecule has 0 radical (unpaired) electrons. The molecule has 6 N–H and O–H groups in total. The summed E-state index contributed by atoms with van der Waals surface area (Å²) >= 11 is 0. The van der Waals surface area contributed by atoms with E-state index in [-0.39, 0.29) is 12.1 Å². The molecule has 0 heterocycles. The standard InChI is InChI=1S/C13H23N3O/c1-3-11(6-10(15)8-14)17-12-5-4-9(2)13(16)7-12/h3,6,8-9,12-13H,1,4-5,7,14-16H2,2H3/b10-8-,11-6+. The molecule has 17 heavy (non-hydrogen) atoms. The van der Waals surface area contributed by atoms with Gasteiger partial charge in [-0.25, -0.2) is 0 Å². The van der Waals surface area contributed by atoms with Gasteiger partial charge in [-0.3, -0.25) is 0 Å². The summed E-state index contributed by atoms with van der Waals surface area (Å²) in [5.74, 6) is 1.22. The van der Waals surface area contributed by atoms with E-state index in [1.807, 2.05) is 0 Å². The topological polar surface area (TPSA) is 87.3 Å². The van der Waals surface area contributed by atoms with E-state index in [0.717, 1.165) is 19.3 Å². The molecule has 3 atom stereocenters. The van der Waals surface area contributed by atoms with Gasteiger partial charge in [-0.15, -0.1) is 0 Å². The highest BCUT2D eigenvalue weighted by molar-refractivity contribution is 5.22. The van der Waals surface area contributed by atoms with Crippen LogP contribution in [0.25, 0.3) is 0 Å². The molecule has 1 aliphatic carbocycles. The summed E-state index contributed by atoms with van der Waals surface area (Å²) in [4.78, 5) is 0. The summed E-state index contributed by atoms with van der Waals surface area (Å²) < 4.78 is 5.82. The highest BCUT2D eigenvalue weighted by Gasteiger charge is 2.26. The number of ether oxygens (including phenoxy) is 1. The van der Waals surface area contributed by atoms with E-state index < -0.39 is 0 Å². The van der Waals surface area contributed by atoms with Gasteiger partial charge >= 0.3 is 0 Å². The smallest absolute Gasteiger partial charge is 0.121 e. The normalized spacial score (nSPS) is 31.1. The maximum Gasteiger partial charge on any atom is 0.121 e. The maximum absolute atomic E-state index is 6.03. The minimum Gasteiger partial charge on any atom is -0.490 e. The Bertz CT molecular complexity index is 323. The highest BCUT2D eigenvalue weighted by Crippen LogP contribution is 2.26. The van der Waals surface area contributed by atoms with Gasteiger partial charge in [-0.2, -0.15) is 0 Å². The predicted octanol–water partition coefficient (Wildman–Crippen LogP) is 1.35. The van der Waals surface area contributed by atoms with Gasteiger partial charge in [0.15, 0.2) is 0 Å². The maximum atomic E-state index is 6.03. The second kappa shape index (κ2) is 6.35. The molecule has 0 aromatic carbocycles. The van der Waals surface area contributed by atoms with Gasteiger partial charge in [0, 0.05) is 18.3 Å². The second-order valence-electron chi connectivity index (χ2n) is 4.61. The third-order valence-corrected chi connectivity index (χ3v) is 3.22. The summed E-state index contributed by atoms with van der Waals surface area (Å²) in [6.07, 6.45) is 7.79. The summed E-state index contributed by atoms with van der Waals surface area (Å²) in [5.41, 5.74) is 17.4. The van der Waals surface area contributed by atoms with Crippen molar-refractivity contribution in [3.63, 3.8) is 0 Å². The van der Waals surface area contributed by atoms with E-state index in [1.54, 1.807) is 12.2 Å². The van der Waals surface area contributed by atoms with Crippen LogP contribution in [0.1, 0.15) is 26.2 Å². The monoisotopic (exact) mass is 237 g/mol. The van der Waals surface area contributed by atoms with E-state index in [9.17, 15) is 0 Å². The molecule has 1 saturated carbocycles. The van der Waals surface area contributed by atoms with E-state index in [2.05, 4.69) is 13.5 Å². The number of nitrogens with two attached hydrogens (primary N) is 3. The largest absolute Gasteiger partial charge is 0.490 e. The van der Waals surface area contributed by atoms with Crippen LogP contribution < -0.4 is 17.2 Å². The first-order valence-corrected chi connectivity index (χ1v) is 6.00. The summed E-state index contributed by atoms with van der Waals surface area (Å²) in [6.45, 7) is 5.88. The molecule has 1 aliphatic rings. The van der Waals surface area contributed by atoms with Crippen molar-refractivity contribution in [1.82, 2.24) is 0 Å². The molecule has 0 saturated heterocycles. The van der Waals surface area contributed by atoms with Crippen LogP contribution >= 0.6 is 0 Å². The first-order valence-electron chi connectivity index (χ1n) is 6.00. The van der Waals surface area contributed by atoms with Crippen LogP contribution in [0.3, 0.4) is 0 Å². The fourth-order valence-electron chi connectivity index (χ4n) is 1.97. The van der Waals surface area contributed by atoms with Crippen LogP contribution in [0.4, 0.5) is 0 Å². The van der Waals surface area contributed by atoms with Gasteiger partial charge in [0.25, 0.3) is 0 Å². The Hall–Kier alpha value is -1.42. The quantitative estimate of drug-likeness (QED) is 0.509. The van der Waals surface area contributed by atoms with Crippen LogP contribution in [0, 0.1) is 5.92 Å². The molecule has 4 heteroatoms. The van der Waals surface area contributed by atoms with Gasteiger partial charge in [0.2, 0.25) is 0 Å². The lowest BCUT2D eigenvalue weighted by Crippen LogP contribution is -2.38. The van der Waals surface area contributed by atoms with Gasteiger partial charge in [-0.05, 0) is 31.3 Å². The zero-order valence-corrected chi connectivity index (χ0v) is 10.4. The summed E-state index contributed by atoms with van der Waals surface area (Å²) in [6, 6.07) is 0.210. The first-order chi connectivity index (χ1) is 8.06. The van der Waals surface area contributed by atoms with Gasteiger partial charge in [0.05, 0.1) is 5.70 Å². The van der Waals surface area contributed by atoms with Crippen LogP contribution in [0.5, 0.6) is 0 Å². The number of allylic oxidation sites excluding steroid dienone is 2. The Morgan fingerprint density at radius 1 is 1.41 bits per heavy atom. The van der Waals surface area contributed by atoms with Crippen molar-refractivity contribution in [2.75, 3.05) is 0 Å². The van der Waals surface area contributed by atoms with Crippen molar-refractivity contribution in [3.05, 3.63) is 36.4 Å². The predicted molar refractivity (Wildman–Crippen MR) is 70.6 cm³/mol. The zero-order valence-electron chi connectivity index (χ0n) is 10.4. The lowest BCUT2D eigenvalue weighted by atomic mass is 9.85. The third kappa shape index (κ3) is 4.15. The number of hydrogen-bond donors (Lipinski definition) is 3. The van der Waals surface area contributed by atoms with E-state index in [4.69, 9.17) is 21.9 Å². The average Bonchev–Trinajstić information content (AvgIpc) is 2.32. The van der Waals surface area contributed by atoms with Crippen LogP contribution in [-0.2, 0) is 4.74 Å². The SMILES string of the molecule is C=C/C(=C\C(N)=C\N)OC1CCC(C)C(N)C1. The van der Waals surface area contributed by atoms with Crippen molar-refractivity contribution in [2.24, 2.45) is 23.1 Å². The molecule has 0 aromatic heterocycles. The third-order valence-electron chi connectivity index (χ3n) is 3.22. The Balaban J connectivity index is 2.58. The zero-order chi connectivity index (χ0) is 12.8. The number of rotatable bonds is 4. The molecule has 0 bridgehead atoms. The highest BCUT2D eigenvalue weighted by atomic mass is 16.5. The minimum atomic E-state index is 0.149. The molecule has 0 amide bonds. The molecule has 4 nitrogen and oxygen atoms in total. The number of hydrogen-bond acceptors (Lipinski definition) is 4. The lowest BCUT2D eigenvalue weighted by Gasteiger charge is -2.32. The van der Waals surface area contributed by atoms with Crippen molar-refractivity contribution in [3.8, 4) is 0 Å². The van der Waals surface area contributed by atoms with Crippen molar-refractivity contribution in [2.45, 2.75) is 38.3 Å². The molecule has 1 fully saturated rings. The molecule has 1 rings (SSSR count). The van der Waals surface area contributed by atoms with Crippen molar-refractivity contribution < 1.29 is 4.74 Å². The molecule has 0 aromatic rings. The second-order valence-corrected chi connectivity index (χ2v) is 4.61. The lowest BCUT2D eigenvalue weighted by molar-refractivity contribution is 0.0673. The molecular formula is C13H23N3O. The Morgan fingerprint density at radius 2 is 2.12 bits per heavy atom. The molecular weight excluding hydrogens is 214 g/mol. The molecule has 96 valence electrons. The van der Waals surface area contributed by atoms with Gasteiger partial charge < -0.3 is 21.9 Å². The van der Waals surface area contributed by atoms with Crippen LogP contribution in [0.2, 0.25) is 0 Å². The van der Waals surface area contributed by atoms with E-state index in [0.29, 0.717) is 17.4 Å². The van der Waals surface area contributed by atoms with Crippen molar-refractivity contribution in [1.29, 1.82) is 0 Å². The fraction of sp³-hybridized carbons (Fsp3) is 0.538. The minimum absolute atomic E-state index is 0.149. The molecule has 3 unspecified atom stereocenters. The summed E-state index contributed by atoms with van der Waals surface area (Å²) in [7, 11) is 0. The molecule has 0 aliphatic heterocycles. The first kappa shape index (κ1) is 13.6. The van der Waals surface area contributed by atoms with E-state index in [1.165, 1.54) is 6.20 Å². The van der Waals surface area contributed by atoms with Crippen molar-refractivity contribution >= 4 is 0 Å². The average molecular weight is 237 g/mol. The Kier molecular flexibility index (Phi) is 5.10. The van der Waals surface area contributed by atoms with Crippen LogP contribution in [-0.4, -0.2) is 12.1 Å². The van der Waals surface area contributed by atoms with Crippen LogP contribution in [0.15, 0.2) is 36.4 Å². The van der Waals surface area contributed by atoms with Gasteiger partial charge in [-0.1, -0.05) is 13.5 Å². The molecule has 0 spiro atoms. The Morgan fingerprint density at radius 3 is 2.65 bits per heavy atom. The Labute approximate surface area is 103 Å². The van der Waals surface area contributed by atoms with E-state index >= 15 is 0 Å². The summed E-state index contributed by atoms with van der Waals surface area (Å²) in [5, 5.41) is 0.